The minimum atomic E-state index is -0.777. The van der Waals surface area contributed by atoms with Gasteiger partial charge >= 0.3 is 0 Å². The molecule has 66 valence electrons. The van der Waals surface area contributed by atoms with Gasteiger partial charge in [0.1, 0.15) is 0 Å². The highest BCUT2D eigenvalue weighted by Gasteiger charge is 2.24. The van der Waals surface area contributed by atoms with Crippen LogP contribution in [-0.2, 0) is 35.3 Å². The van der Waals surface area contributed by atoms with Crippen molar-refractivity contribution in [2.45, 2.75) is 25.9 Å². The molecule has 2 unspecified atom stereocenters. The van der Waals surface area contributed by atoms with Crippen molar-refractivity contribution in [3.8, 4) is 0 Å². The zero-order chi connectivity index (χ0) is 8.43. The second-order valence-electron chi connectivity index (χ2n) is 2.85. The van der Waals surface area contributed by atoms with E-state index < -0.39 is 8.20 Å². The van der Waals surface area contributed by atoms with Gasteiger partial charge < -0.3 is 4.74 Å². The largest absolute Gasteiger partial charge is 0.378 e. The van der Waals surface area contributed by atoms with E-state index >= 15 is 0 Å². The number of rotatable bonds is 1. The van der Waals surface area contributed by atoms with Gasteiger partial charge in [0.25, 0.3) is 0 Å². The predicted octanol–water partition coefficient (Wildman–Crippen LogP) is 0.285. The summed E-state index contributed by atoms with van der Waals surface area (Å²) in [5, 5.41) is 0. The van der Waals surface area contributed by atoms with Crippen LogP contribution >= 0.6 is 0 Å². The van der Waals surface area contributed by atoms with Gasteiger partial charge in [-0.15, -0.1) is 0 Å². The number of morpholine rings is 1. The average molecular weight is 211 g/mol. The molecular formula is C6H13NOS3. The molecule has 5 heteroatoms. The third-order valence-electron chi connectivity index (χ3n) is 1.81. The van der Waals surface area contributed by atoms with Crippen LogP contribution in [0.4, 0.5) is 0 Å². The summed E-state index contributed by atoms with van der Waals surface area (Å²) in [6, 6.07) is 0.805. The van der Waals surface area contributed by atoms with Crippen molar-refractivity contribution in [2.24, 2.45) is 0 Å². The second kappa shape index (κ2) is 4.09. The molecule has 11 heavy (non-hydrogen) atoms. The van der Waals surface area contributed by atoms with E-state index in [2.05, 4.69) is 18.2 Å². The minimum absolute atomic E-state index is 0.403. The monoisotopic (exact) mass is 211 g/mol. The first kappa shape index (κ1) is 9.80. The summed E-state index contributed by atoms with van der Waals surface area (Å²) in [6.45, 7) is 5.78. The molecule has 0 N–H and O–H groups in total. The molecule has 0 radical (unpaired) electrons. The number of nitrogens with zero attached hydrogens (tertiary/aromatic N) is 1. The molecule has 0 amide bonds. The Kier molecular flexibility index (Phi) is 3.64. The summed E-state index contributed by atoms with van der Waals surface area (Å²) in [5.74, 6) is 0. The molecule has 2 atom stereocenters. The maximum atomic E-state index is 5.35. The van der Waals surface area contributed by atoms with Crippen molar-refractivity contribution >= 4 is 30.6 Å². The molecule has 0 aromatic rings. The number of ether oxygens (including phenoxy) is 1. The fourth-order valence-corrected chi connectivity index (χ4v) is 4.03. The van der Waals surface area contributed by atoms with Crippen LogP contribution in [0.15, 0.2) is 0 Å². The first-order valence-electron chi connectivity index (χ1n) is 3.63. The van der Waals surface area contributed by atoms with Crippen LogP contribution in [-0.4, -0.2) is 29.6 Å². The summed E-state index contributed by atoms with van der Waals surface area (Å²) >= 11 is 10.2. The summed E-state index contributed by atoms with van der Waals surface area (Å²) < 4.78 is 7.56. The Morgan fingerprint density at radius 2 is 1.73 bits per heavy atom. The van der Waals surface area contributed by atoms with E-state index in [0.717, 1.165) is 13.2 Å². The molecule has 1 fully saturated rings. The number of hydrogen-bond acceptors (Lipinski definition) is 3. The Labute approximate surface area is 78.9 Å². The Morgan fingerprint density at radius 3 is 2.00 bits per heavy atom. The van der Waals surface area contributed by atoms with Gasteiger partial charge in [0.15, 0.2) is 0 Å². The third-order valence-corrected chi connectivity index (χ3v) is 4.11. The van der Waals surface area contributed by atoms with Crippen molar-refractivity contribution in [1.82, 2.24) is 4.31 Å². The van der Waals surface area contributed by atoms with Gasteiger partial charge in [-0.1, -0.05) is 0 Å². The first-order valence-corrected chi connectivity index (χ1v) is 6.95. The van der Waals surface area contributed by atoms with Crippen molar-refractivity contribution < 1.29 is 4.74 Å². The fourth-order valence-electron chi connectivity index (χ4n) is 1.32. The average Bonchev–Trinajstić information content (AvgIpc) is 1.85. The molecule has 1 aliphatic rings. The molecule has 0 spiro atoms. The summed E-state index contributed by atoms with van der Waals surface area (Å²) in [4.78, 5) is 0. The standard InChI is InChI=1S/C6H13NOS3/c1-5-3-8-4-6(2)7(5)11(9)10/h5-6,11H,3-4H2,1-2H3. The van der Waals surface area contributed by atoms with Gasteiger partial charge in [0.2, 0.25) is 0 Å². The van der Waals surface area contributed by atoms with E-state index in [1.54, 1.807) is 0 Å². The molecule has 0 aromatic heterocycles. The van der Waals surface area contributed by atoms with E-state index in [0.29, 0.717) is 12.1 Å². The van der Waals surface area contributed by atoms with Gasteiger partial charge in [-0.25, -0.2) is 4.31 Å². The van der Waals surface area contributed by atoms with E-state index in [-0.39, 0.29) is 0 Å². The SMILES string of the molecule is CC1COCC(C)N1[SH](=S)=S. The fraction of sp³-hybridized carbons (Fsp3) is 1.00. The highest BCUT2D eigenvalue weighted by atomic mass is 33.1. The van der Waals surface area contributed by atoms with Gasteiger partial charge in [-0.05, 0) is 44.4 Å². The van der Waals surface area contributed by atoms with Crippen LogP contribution in [0, 0.1) is 0 Å². The Balaban J connectivity index is 2.70. The quantitative estimate of drug-likeness (QED) is 0.625. The van der Waals surface area contributed by atoms with E-state index in [1.165, 1.54) is 0 Å². The van der Waals surface area contributed by atoms with Gasteiger partial charge in [0, 0.05) is 12.1 Å². The van der Waals surface area contributed by atoms with Crippen LogP contribution in [0.1, 0.15) is 13.8 Å². The number of hydrogen-bond donors (Lipinski definition) is 1. The number of thiol groups is 1. The molecule has 0 bridgehead atoms. The predicted molar refractivity (Wildman–Crippen MR) is 55.1 cm³/mol. The van der Waals surface area contributed by atoms with Crippen LogP contribution in [0.25, 0.3) is 0 Å². The lowest BCUT2D eigenvalue weighted by Gasteiger charge is -2.36. The lowest BCUT2D eigenvalue weighted by molar-refractivity contribution is 0.0116. The molecule has 2 nitrogen and oxygen atoms in total. The highest BCUT2D eigenvalue weighted by Crippen LogP contribution is 2.12. The van der Waals surface area contributed by atoms with Crippen LogP contribution in [0.3, 0.4) is 0 Å². The Bertz CT molecular complexity index is 186. The third kappa shape index (κ3) is 2.32. The lowest BCUT2D eigenvalue weighted by Crippen LogP contribution is -2.47. The van der Waals surface area contributed by atoms with Crippen LogP contribution < -0.4 is 0 Å². The van der Waals surface area contributed by atoms with Crippen molar-refractivity contribution in [1.29, 1.82) is 0 Å². The van der Waals surface area contributed by atoms with E-state index in [4.69, 9.17) is 27.1 Å². The van der Waals surface area contributed by atoms with Crippen molar-refractivity contribution in [2.75, 3.05) is 13.2 Å². The lowest BCUT2D eigenvalue weighted by atomic mass is 10.2. The van der Waals surface area contributed by atoms with Crippen molar-refractivity contribution in [3.05, 3.63) is 0 Å². The van der Waals surface area contributed by atoms with Crippen LogP contribution in [0.2, 0.25) is 0 Å². The maximum Gasteiger partial charge on any atom is 0.0629 e. The van der Waals surface area contributed by atoms with Crippen LogP contribution in [0.5, 0.6) is 0 Å². The van der Waals surface area contributed by atoms with Gasteiger partial charge in [-0.3, -0.25) is 0 Å². The Morgan fingerprint density at radius 1 is 1.27 bits per heavy atom. The summed E-state index contributed by atoms with van der Waals surface area (Å²) in [5.41, 5.74) is 0. The topological polar surface area (TPSA) is 12.5 Å². The maximum absolute atomic E-state index is 5.35. The normalized spacial score (nSPS) is 34.5. The molecule has 1 heterocycles. The van der Waals surface area contributed by atoms with Gasteiger partial charge in [-0.2, -0.15) is 0 Å². The van der Waals surface area contributed by atoms with Crippen molar-refractivity contribution in [3.63, 3.8) is 0 Å². The molecule has 1 saturated heterocycles. The second-order valence-corrected chi connectivity index (χ2v) is 6.56. The summed E-state index contributed by atoms with van der Waals surface area (Å²) in [6.07, 6.45) is 0. The Hall–Kier alpha value is 0.710. The molecule has 0 saturated carbocycles. The molecule has 1 aliphatic heterocycles. The molecular weight excluding hydrogens is 198 g/mol. The summed E-state index contributed by atoms with van der Waals surface area (Å²) in [7, 11) is -0.777. The minimum Gasteiger partial charge on any atom is -0.378 e. The zero-order valence-corrected chi connectivity index (χ0v) is 9.22. The first-order chi connectivity index (χ1) is 5.13. The van der Waals surface area contributed by atoms with E-state index in [1.807, 2.05) is 0 Å². The zero-order valence-electron chi connectivity index (χ0n) is 6.69. The molecule has 1 rings (SSSR count). The van der Waals surface area contributed by atoms with E-state index in [9.17, 15) is 0 Å². The molecule has 0 aliphatic carbocycles. The van der Waals surface area contributed by atoms with Gasteiger partial charge in [0.05, 0.1) is 13.2 Å². The molecule has 0 aromatic carbocycles. The highest BCUT2D eigenvalue weighted by molar-refractivity contribution is 8.45. The smallest absolute Gasteiger partial charge is 0.0629 e.